The van der Waals surface area contributed by atoms with Gasteiger partial charge in [-0.25, -0.2) is 4.79 Å². The molecular formula is C21H25ClN4O3. The Kier molecular flexibility index (Phi) is 5.63. The van der Waals surface area contributed by atoms with E-state index in [2.05, 4.69) is 9.47 Å². The highest BCUT2D eigenvalue weighted by Gasteiger charge is 2.21. The summed E-state index contributed by atoms with van der Waals surface area (Å²) in [6, 6.07) is 7.51. The van der Waals surface area contributed by atoms with E-state index in [4.69, 9.17) is 16.3 Å². The van der Waals surface area contributed by atoms with Gasteiger partial charge in [0.05, 0.1) is 29.8 Å². The van der Waals surface area contributed by atoms with Gasteiger partial charge in [0.1, 0.15) is 0 Å². The fourth-order valence-corrected chi connectivity index (χ4v) is 4.22. The Morgan fingerprint density at radius 2 is 1.76 bits per heavy atom. The zero-order valence-electron chi connectivity index (χ0n) is 16.7. The fourth-order valence-electron chi connectivity index (χ4n) is 4.00. The van der Waals surface area contributed by atoms with Crippen LogP contribution in [0.3, 0.4) is 0 Å². The summed E-state index contributed by atoms with van der Waals surface area (Å²) in [4.78, 5) is 27.8. The predicted octanol–water partition coefficient (Wildman–Crippen LogP) is 2.08. The van der Waals surface area contributed by atoms with Crippen molar-refractivity contribution in [3.8, 4) is 11.3 Å². The average Bonchev–Trinajstić information content (AvgIpc) is 3.11. The molecule has 1 fully saturated rings. The average molecular weight is 417 g/mol. The van der Waals surface area contributed by atoms with Crippen LogP contribution in [0, 0.1) is 0 Å². The molecule has 154 valence electrons. The number of nitrogens with zero attached hydrogens (tertiary/aromatic N) is 4. The second-order valence-electron chi connectivity index (χ2n) is 7.42. The lowest BCUT2D eigenvalue weighted by Gasteiger charge is -2.26. The largest absolute Gasteiger partial charge is 0.379 e. The van der Waals surface area contributed by atoms with Gasteiger partial charge in [-0.2, -0.15) is 0 Å². The molecule has 7 nitrogen and oxygen atoms in total. The molecular weight excluding hydrogens is 392 g/mol. The van der Waals surface area contributed by atoms with E-state index >= 15 is 0 Å². The van der Waals surface area contributed by atoms with Crippen molar-refractivity contribution in [3.05, 3.63) is 56.3 Å². The van der Waals surface area contributed by atoms with Crippen LogP contribution in [0.5, 0.6) is 0 Å². The normalized spacial score (nSPS) is 15.3. The van der Waals surface area contributed by atoms with Crippen LogP contribution in [0.4, 0.5) is 0 Å². The standard InChI is InChI=1S/C21H25ClN4O3/c1-23-17-14-26(9-5-8-25-10-12-29-13-11-25)19(15-6-3-4-7-16(15)22)18(17)20(27)24(2)21(23)28/h3-4,6-7,14H,5,8-13H2,1-2H3. The summed E-state index contributed by atoms with van der Waals surface area (Å²) in [5, 5.41) is 1.10. The van der Waals surface area contributed by atoms with Crippen LogP contribution in [0.2, 0.25) is 5.02 Å². The number of hydrogen-bond donors (Lipinski definition) is 0. The third kappa shape index (κ3) is 3.66. The number of halogens is 1. The highest BCUT2D eigenvalue weighted by atomic mass is 35.5. The molecule has 1 aromatic carbocycles. The Labute approximate surface area is 173 Å². The fraction of sp³-hybridized carbons (Fsp3) is 0.429. The van der Waals surface area contributed by atoms with Crippen molar-refractivity contribution in [1.82, 2.24) is 18.6 Å². The Morgan fingerprint density at radius 1 is 1.03 bits per heavy atom. The molecule has 0 atom stereocenters. The Balaban J connectivity index is 1.80. The highest BCUT2D eigenvalue weighted by Crippen LogP contribution is 2.33. The van der Waals surface area contributed by atoms with Crippen LogP contribution in [-0.2, 0) is 25.4 Å². The third-order valence-corrected chi connectivity index (χ3v) is 5.95. The summed E-state index contributed by atoms with van der Waals surface area (Å²) in [6.45, 7) is 5.12. The van der Waals surface area contributed by atoms with E-state index in [1.165, 1.54) is 11.6 Å². The molecule has 0 saturated carbocycles. The minimum Gasteiger partial charge on any atom is -0.379 e. The molecule has 0 radical (unpaired) electrons. The predicted molar refractivity (Wildman–Crippen MR) is 115 cm³/mol. The number of morpholine rings is 1. The summed E-state index contributed by atoms with van der Waals surface area (Å²) >= 11 is 6.49. The lowest BCUT2D eigenvalue weighted by molar-refractivity contribution is 0.0369. The third-order valence-electron chi connectivity index (χ3n) is 5.62. The molecule has 3 heterocycles. The molecule has 4 rings (SSSR count). The molecule has 3 aromatic rings. The molecule has 0 N–H and O–H groups in total. The van der Waals surface area contributed by atoms with E-state index in [-0.39, 0.29) is 11.2 Å². The zero-order chi connectivity index (χ0) is 20.5. The van der Waals surface area contributed by atoms with Crippen molar-refractivity contribution in [1.29, 1.82) is 0 Å². The lowest BCUT2D eigenvalue weighted by Crippen LogP contribution is -2.37. The summed E-state index contributed by atoms with van der Waals surface area (Å²) in [5.74, 6) is 0. The van der Waals surface area contributed by atoms with Gasteiger partial charge in [-0.1, -0.05) is 29.8 Å². The van der Waals surface area contributed by atoms with Gasteiger partial charge in [-0.3, -0.25) is 18.8 Å². The molecule has 0 amide bonds. The maximum Gasteiger partial charge on any atom is 0.330 e. The minimum absolute atomic E-state index is 0.301. The number of benzene rings is 1. The smallest absolute Gasteiger partial charge is 0.330 e. The van der Waals surface area contributed by atoms with Crippen LogP contribution in [0.25, 0.3) is 22.2 Å². The van der Waals surface area contributed by atoms with E-state index < -0.39 is 0 Å². The number of hydrogen-bond acceptors (Lipinski definition) is 4. The number of aryl methyl sites for hydroxylation is 2. The number of aromatic nitrogens is 3. The highest BCUT2D eigenvalue weighted by molar-refractivity contribution is 6.33. The van der Waals surface area contributed by atoms with Gasteiger partial charge in [-0.15, -0.1) is 0 Å². The number of ether oxygens (including phenoxy) is 1. The Hall–Kier alpha value is -2.35. The van der Waals surface area contributed by atoms with Crippen LogP contribution in [-0.4, -0.2) is 51.4 Å². The summed E-state index contributed by atoms with van der Waals surface area (Å²) in [6.07, 6.45) is 2.82. The van der Waals surface area contributed by atoms with E-state index in [0.717, 1.165) is 61.6 Å². The molecule has 1 saturated heterocycles. The van der Waals surface area contributed by atoms with Crippen molar-refractivity contribution < 1.29 is 4.74 Å². The molecule has 8 heteroatoms. The van der Waals surface area contributed by atoms with Crippen LogP contribution < -0.4 is 11.2 Å². The van der Waals surface area contributed by atoms with Crippen LogP contribution in [0.1, 0.15) is 6.42 Å². The van der Waals surface area contributed by atoms with Gasteiger partial charge >= 0.3 is 5.69 Å². The van der Waals surface area contributed by atoms with Crippen LogP contribution in [0.15, 0.2) is 40.1 Å². The van der Waals surface area contributed by atoms with Crippen molar-refractivity contribution in [2.75, 3.05) is 32.8 Å². The van der Waals surface area contributed by atoms with Crippen molar-refractivity contribution in [2.24, 2.45) is 14.1 Å². The van der Waals surface area contributed by atoms with Gasteiger partial charge in [-0.05, 0) is 12.5 Å². The molecule has 0 spiro atoms. The first-order valence-corrected chi connectivity index (χ1v) is 10.2. The summed E-state index contributed by atoms with van der Waals surface area (Å²) in [7, 11) is 3.20. The first-order chi connectivity index (χ1) is 14.0. The van der Waals surface area contributed by atoms with Gasteiger partial charge < -0.3 is 9.30 Å². The Bertz CT molecular complexity index is 1160. The van der Waals surface area contributed by atoms with E-state index in [1.54, 1.807) is 7.05 Å². The maximum absolute atomic E-state index is 13.0. The van der Waals surface area contributed by atoms with Crippen molar-refractivity contribution in [2.45, 2.75) is 13.0 Å². The summed E-state index contributed by atoms with van der Waals surface area (Å²) < 4.78 is 10.2. The van der Waals surface area contributed by atoms with Crippen molar-refractivity contribution >= 4 is 22.5 Å². The van der Waals surface area contributed by atoms with Gasteiger partial charge in [0, 0.05) is 57.1 Å². The monoisotopic (exact) mass is 416 g/mol. The van der Waals surface area contributed by atoms with Crippen molar-refractivity contribution in [3.63, 3.8) is 0 Å². The zero-order valence-corrected chi connectivity index (χ0v) is 17.5. The van der Waals surface area contributed by atoms with Gasteiger partial charge in [0.25, 0.3) is 5.56 Å². The number of rotatable bonds is 5. The second-order valence-corrected chi connectivity index (χ2v) is 7.83. The molecule has 29 heavy (non-hydrogen) atoms. The van der Waals surface area contributed by atoms with Crippen LogP contribution >= 0.6 is 11.6 Å². The lowest BCUT2D eigenvalue weighted by atomic mass is 10.1. The second kappa shape index (κ2) is 8.18. The molecule has 1 aliphatic heterocycles. The Morgan fingerprint density at radius 3 is 2.48 bits per heavy atom. The van der Waals surface area contributed by atoms with E-state index in [1.807, 2.05) is 30.5 Å². The SMILES string of the molecule is Cn1c(=O)c2c(-c3ccccc3Cl)n(CCCN3CCOCC3)cc2n(C)c1=O. The molecule has 0 bridgehead atoms. The molecule has 2 aromatic heterocycles. The molecule has 1 aliphatic rings. The minimum atomic E-state index is -0.335. The first-order valence-electron chi connectivity index (χ1n) is 9.83. The van der Waals surface area contributed by atoms with E-state index in [0.29, 0.717) is 15.9 Å². The molecule has 0 unspecified atom stereocenters. The summed E-state index contributed by atoms with van der Waals surface area (Å²) in [5.41, 5.74) is 1.55. The van der Waals surface area contributed by atoms with Gasteiger partial charge in [0.15, 0.2) is 0 Å². The van der Waals surface area contributed by atoms with Gasteiger partial charge in [0.2, 0.25) is 0 Å². The first kappa shape index (κ1) is 19.9. The number of fused-ring (bicyclic) bond motifs is 1. The topological polar surface area (TPSA) is 61.4 Å². The van der Waals surface area contributed by atoms with E-state index in [9.17, 15) is 9.59 Å². The molecule has 0 aliphatic carbocycles. The maximum atomic E-state index is 13.0. The quantitative estimate of drug-likeness (QED) is 0.639.